The summed E-state index contributed by atoms with van der Waals surface area (Å²) >= 11 is 0. The minimum atomic E-state index is -0.687. The molecule has 0 aliphatic rings. The number of carbonyl (C=O) groups is 1. The molecule has 0 heterocycles. The number of carbonyl (C=O) groups excluding carboxylic acids is 1. The lowest BCUT2D eigenvalue weighted by molar-refractivity contribution is 0.0992. The highest BCUT2D eigenvalue weighted by molar-refractivity contribution is 5.97. The minimum absolute atomic E-state index is 0.0537. The predicted molar refractivity (Wildman–Crippen MR) is 67.4 cm³/mol. The Morgan fingerprint density at radius 1 is 1.11 bits per heavy atom. The summed E-state index contributed by atoms with van der Waals surface area (Å²) in [5.41, 5.74) is 0.759. The van der Waals surface area contributed by atoms with Gasteiger partial charge in [-0.15, -0.1) is 0 Å². The maximum atomic E-state index is 13.0. The van der Waals surface area contributed by atoms with Crippen LogP contribution in [0.4, 0.5) is 8.78 Å². The number of hydrogen-bond acceptors (Lipinski definition) is 2. The van der Waals surface area contributed by atoms with Crippen molar-refractivity contribution >= 4 is 5.78 Å². The average molecular weight is 262 g/mol. The Hall–Kier alpha value is -2.23. The molecule has 0 amide bonds. The highest BCUT2D eigenvalue weighted by atomic mass is 19.1. The van der Waals surface area contributed by atoms with Crippen LogP contribution in [0.25, 0.3) is 0 Å². The van der Waals surface area contributed by atoms with Gasteiger partial charge in [-0.3, -0.25) is 4.79 Å². The standard InChI is InChI=1S/C15H12F2O2/c1-19-14-4-2-3-11(8-14)15(18)7-10-5-12(16)9-13(17)6-10/h2-6,8-9H,7H2,1H3. The van der Waals surface area contributed by atoms with Crippen LogP contribution in [0.15, 0.2) is 42.5 Å². The maximum Gasteiger partial charge on any atom is 0.167 e. The molecule has 0 aromatic heterocycles. The molecule has 0 fully saturated rings. The zero-order valence-corrected chi connectivity index (χ0v) is 10.3. The fourth-order valence-electron chi connectivity index (χ4n) is 1.80. The third-order valence-electron chi connectivity index (χ3n) is 2.68. The van der Waals surface area contributed by atoms with E-state index in [1.165, 1.54) is 7.11 Å². The van der Waals surface area contributed by atoms with Crippen LogP contribution in [0.1, 0.15) is 15.9 Å². The maximum absolute atomic E-state index is 13.0. The van der Waals surface area contributed by atoms with Gasteiger partial charge in [0.15, 0.2) is 5.78 Å². The molecular weight excluding hydrogens is 250 g/mol. The monoisotopic (exact) mass is 262 g/mol. The Labute approximate surface area is 109 Å². The third kappa shape index (κ3) is 3.37. The van der Waals surface area contributed by atoms with Crippen LogP contribution >= 0.6 is 0 Å². The van der Waals surface area contributed by atoms with Crippen LogP contribution in [-0.4, -0.2) is 12.9 Å². The molecule has 0 aliphatic carbocycles. The van der Waals surface area contributed by atoms with Crippen molar-refractivity contribution in [3.8, 4) is 5.75 Å². The van der Waals surface area contributed by atoms with Crippen LogP contribution < -0.4 is 4.74 Å². The molecule has 0 bridgehead atoms. The van der Waals surface area contributed by atoms with Crippen LogP contribution in [0.2, 0.25) is 0 Å². The third-order valence-corrected chi connectivity index (χ3v) is 2.68. The van der Waals surface area contributed by atoms with Gasteiger partial charge in [-0.2, -0.15) is 0 Å². The second kappa shape index (κ2) is 5.61. The van der Waals surface area contributed by atoms with Crippen molar-refractivity contribution in [1.29, 1.82) is 0 Å². The van der Waals surface area contributed by atoms with E-state index in [0.717, 1.165) is 18.2 Å². The molecular formula is C15H12F2O2. The topological polar surface area (TPSA) is 26.3 Å². The Kier molecular flexibility index (Phi) is 3.90. The first-order chi connectivity index (χ1) is 9.08. The van der Waals surface area contributed by atoms with Crippen molar-refractivity contribution in [2.45, 2.75) is 6.42 Å². The Morgan fingerprint density at radius 3 is 2.42 bits per heavy atom. The van der Waals surface area contributed by atoms with Crippen molar-refractivity contribution in [2.24, 2.45) is 0 Å². The van der Waals surface area contributed by atoms with E-state index in [1.54, 1.807) is 24.3 Å². The lowest BCUT2D eigenvalue weighted by Crippen LogP contribution is -2.04. The molecule has 19 heavy (non-hydrogen) atoms. The zero-order valence-electron chi connectivity index (χ0n) is 10.3. The molecule has 0 N–H and O–H groups in total. The highest BCUT2D eigenvalue weighted by Gasteiger charge is 2.10. The highest BCUT2D eigenvalue weighted by Crippen LogP contribution is 2.16. The fraction of sp³-hybridized carbons (Fsp3) is 0.133. The van der Waals surface area contributed by atoms with E-state index in [2.05, 4.69) is 0 Å². The van der Waals surface area contributed by atoms with Gasteiger partial charge in [-0.1, -0.05) is 12.1 Å². The number of rotatable bonds is 4. The van der Waals surface area contributed by atoms with Gasteiger partial charge in [-0.05, 0) is 29.8 Å². The molecule has 0 saturated carbocycles. The first-order valence-electron chi connectivity index (χ1n) is 5.70. The normalized spacial score (nSPS) is 10.3. The SMILES string of the molecule is COc1cccc(C(=O)Cc2cc(F)cc(F)c2)c1. The average Bonchev–Trinajstić information content (AvgIpc) is 2.37. The first kappa shape index (κ1) is 13.2. The van der Waals surface area contributed by atoms with Gasteiger partial charge >= 0.3 is 0 Å². The summed E-state index contributed by atoms with van der Waals surface area (Å²) in [5, 5.41) is 0. The number of Topliss-reactive ketones (excluding diaryl/α,β-unsaturated/α-hetero) is 1. The molecule has 0 unspecified atom stereocenters. The molecule has 0 aliphatic heterocycles. The summed E-state index contributed by atoms with van der Waals surface area (Å²) in [5.74, 6) is -1.03. The van der Waals surface area contributed by atoms with Crippen molar-refractivity contribution in [3.05, 3.63) is 65.2 Å². The lowest BCUT2D eigenvalue weighted by Gasteiger charge is -2.04. The lowest BCUT2D eigenvalue weighted by atomic mass is 10.0. The van der Waals surface area contributed by atoms with E-state index in [-0.39, 0.29) is 12.2 Å². The molecule has 2 rings (SSSR count). The predicted octanol–water partition coefficient (Wildman–Crippen LogP) is 3.40. The van der Waals surface area contributed by atoms with Crippen molar-refractivity contribution in [3.63, 3.8) is 0 Å². The van der Waals surface area contributed by atoms with Gasteiger partial charge in [0.1, 0.15) is 17.4 Å². The van der Waals surface area contributed by atoms with Gasteiger partial charge in [-0.25, -0.2) is 8.78 Å². The molecule has 4 heteroatoms. The van der Waals surface area contributed by atoms with E-state index in [4.69, 9.17) is 4.74 Å². The quantitative estimate of drug-likeness (QED) is 0.789. The Balaban J connectivity index is 2.20. The first-order valence-corrected chi connectivity index (χ1v) is 5.70. The van der Waals surface area contributed by atoms with Crippen LogP contribution in [0, 0.1) is 11.6 Å². The molecule has 0 saturated heterocycles. The summed E-state index contributed by atoms with van der Waals surface area (Å²) in [6, 6.07) is 9.73. The van der Waals surface area contributed by atoms with E-state index >= 15 is 0 Å². The second-order valence-corrected chi connectivity index (χ2v) is 4.11. The molecule has 0 radical (unpaired) electrons. The van der Waals surface area contributed by atoms with Crippen molar-refractivity contribution in [1.82, 2.24) is 0 Å². The number of ketones is 1. The van der Waals surface area contributed by atoms with Crippen LogP contribution in [-0.2, 0) is 6.42 Å². The summed E-state index contributed by atoms with van der Waals surface area (Å²) in [7, 11) is 1.51. The van der Waals surface area contributed by atoms with Crippen LogP contribution in [0.5, 0.6) is 5.75 Å². The van der Waals surface area contributed by atoms with Gasteiger partial charge in [0.2, 0.25) is 0 Å². The summed E-state index contributed by atoms with van der Waals surface area (Å²) in [4.78, 5) is 12.0. The summed E-state index contributed by atoms with van der Waals surface area (Å²) < 4.78 is 31.1. The minimum Gasteiger partial charge on any atom is -0.497 e. The number of methoxy groups -OCH3 is 1. The number of benzene rings is 2. The van der Waals surface area contributed by atoms with E-state index in [1.807, 2.05) is 0 Å². The summed E-state index contributed by atoms with van der Waals surface area (Å²) in [6.07, 6.45) is -0.0537. The Morgan fingerprint density at radius 2 is 1.79 bits per heavy atom. The van der Waals surface area contributed by atoms with Crippen molar-refractivity contribution < 1.29 is 18.3 Å². The van der Waals surface area contributed by atoms with Crippen molar-refractivity contribution in [2.75, 3.05) is 7.11 Å². The molecule has 98 valence electrons. The smallest absolute Gasteiger partial charge is 0.167 e. The van der Waals surface area contributed by atoms with Gasteiger partial charge < -0.3 is 4.74 Å². The summed E-state index contributed by atoms with van der Waals surface area (Å²) in [6.45, 7) is 0. The van der Waals surface area contributed by atoms with E-state index < -0.39 is 11.6 Å². The molecule has 2 nitrogen and oxygen atoms in total. The molecule has 0 atom stereocenters. The largest absolute Gasteiger partial charge is 0.497 e. The van der Waals surface area contributed by atoms with E-state index in [9.17, 15) is 13.6 Å². The van der Waals surface area contributed by atoms with Crippen LogP contribution in [0.3, 0.4) is 0 Å². The van der Waals surface area contributed by atoms with Gasteiger partial charge in [0.05, 0.1) is 7.11 Å². The van der Waals surface area contributed by atoms with Gasteiger partial charge in [0, 0.05) is 18.1 Å². The fourth-order valence-corrected chi connectivity index (χ4v) is 1.80. The number of hydrogen-bond donors (Lipinski definition) is 0. The van der Waals surface area contributed by atoms with Gasteiger partial charge in [0.25, 0.3) is 0 Å². The number of halogens is 2. The van der Waals surface area contributed by atoms with E-state index in [0.29, 0.717) is 16.9 Å². The number of ether oxygens (including phenoxy) is 1. The molecule has 0 spiro atoms. The Bertz CT molecular complexity index is 589. The molecule has 2 aromatic carbocycles. The zero-order chi connectivity index (χ0) is 13.8. The molecule has 2 aromatic rings. The second-order valence-electron chi connectivity index (χ2n) is 4.11.